The SMILES string of the molecule is Cc1ccc(S(=O)(=O)C(C)[NH3+])cc1. The molecule has 0 saturated carbocycles. The smallest absolute Gasteiger partial charge is 0.231 e. The summed E-state index contributed by atoms with van der Waals surface area (Å²) in [5.74, 6) is 0. The molecule has 0 spiro atoms. The van der Waals surface area contributed by atoms with Crippen LogP contribution >= 0.6 is 0 Å². The molecule has 0 aliphatic rings. The van der Waals surface area contributed by atoms with Gasteiger partial charge in [0.1, 0.15) is 0 Å². The van der Waals surface area contributed by atoms with Gasteiger partial charge in [0.2, 0.25) is 9.84 Å². The van der Waals surface area contributed by atoms with E-state index in [0.29, 0.717) is 4.90 Å². The summed E-state index contributed by atoms with van der Waals surface area (Å²) >= 11 is 0. The molecule has 72 valence electrons. The first kappa shape index (κ1) is 10.2. The van der Waals surface area contributed by atoms with Gasteiger partial charge in [-0.25, -0.2) is 8.42 Å². The quantitative estimate of drug-likeness (QED) is 0.749. The van der Waals surface area contributed by atoms with Crippen molar-refractivity contribution in [1.82, 2.24) is 0 Å². The molecule has 1 aromatic carbocycles. The normalized spacial score (nSPS) is 14.1. The molecule has 4 heteroatoms. The van der Waals surface area contributed by atoms with Gasteiger partial charge in [0.15, 0.2) is 5.37 Å². The second kappa shape index (κ2) is 3.47. The molecule has 0 fully saturated rings. The van der Waals surface area contributed by atoms with Gasteiger partial charge in [0.25, 0.3) is 0 Å². The fourth-order valence-electron chi connectivity index (χ4n) is 0.960. The minimum absolute atomic E-state index is 0.348. The highest BCUT2D eigenvalue weighted by Crippen LogP contribution is 2.13. The van der Waals surface area contributed by atoms with E-state index in [0.717, 1.165) is 5.56 Å². The van der Waals surface area contributed by atoms with Gasteiger partial charge >= 0.3 is 0 Å². The fraction of sp³-hybridized carbons (Fsp3) is 0.333. The number of benzene rings is 1. The van der Waals surface area contributed by atoms with Gasteiger partial charge in [-0.2, -0.15) is 0 Å². The van der Waals surface area contributed by atoms with Crippen molar-refractivity contribution in [2.75, 3.05) is 0 Å². The number of rotatable bonds is 2. The second-order valence-electron chi connectivity index (χ2n) is 3.17. The Morgan fingerprint density at radius 2 is 1.69 bits per heavy atom. The summed E-state index contributed by atoms with van der Waals surface area (Å²) in [6.45, 7) is 3.50. The van der Waals surface area contributed by atoms with Crippen LogP contribution in [-0.4, -0.2) is 13.8 Å². The zero-order valence-electron chi connectivity index (χ0n) is 7.82. The van der Waals surface area contributed by atoms with Crippen molar-refractivity contribution in [3.63, 3.8) is 0 Å². The Hall–Kier alpha value is -0.870. The minimum atomic E-state index is -3.20. The predicted octanol–water partition coefficient (Wildman–Crippen LogP) is 0.357. The van der Waals surface area contributed by atoms with Crippen LogP contribution in [0.1, 0.15) is 12.5 Å². The molecule has 0 radical (unpaired) electrons. The maximum atomic E-state index is 11.6. The average Bonchev–Trinajstić information content (AvgIpc) is 2.04. The van der Waals surface area contributed by atoms with Crippen LogP contribution < -0.4 is 5.73 Å². The molecule has 0 bridgehead atoms. The second-order valence-corrected chi connectivity index (χ2v) is 5.53. The van der Waals surface area contributed by atoms with E-state index in [1.54, 1.807) is 31.2 Å². The third-order valence-corrected chi connectivity index (χ3v) is 3.87. The molecule has 0 saturated heterocycles. The van der Waals surface area contributed by atoms with Gasteiger partial charge in [-0.15, -0.1) is 0 Å². The van der Waals surface area contributed by atoms with Crippen LogP contribution in [0.5, 0.6) is 0 Å². The molecule has 3 N–H and O–H groups in total. The molecule has 0 heterocycles. The van der Waals surface area contributed by atoms with Crippen molar-refractivity contribution in [3.8, 4) is 0 Å². The van der Waals surface area contributed by atoms with Crippen molar-refractivity contribution in [2.24, 2.45) is 0 Å². The van der Waals surface area contributed by atoms with E-state index in [1.807, 2.05) is 6.92 Å². The molecule has 0 aliphatic carbocycles. The molecule has 0 amide bonds. The van der Waals surface area contributed by atoms with Crippen LogP contribution in [0.4, 0.5) is 0 Å². The summed E-state index contributed by atoms with van der Waals surface area (Å²) in [4.78, 5) is 0.348. The minimum Gasteiger partial charge on any atom is -0.343 e. The number of aryl methyl sites for hydroxylation is 1. The van der Waals surface area contributed by atoms with E-state index < -0.39 is 15.2 Å². The van der Waals surface area contributed by atoms with E-state index in [1.165, 1.54) is 0 Å². The van der Waals surface area contributed by atoms with Crippen LogP contribution in [0.3, 0.4) is 0 Å². The van der Waals surface area contributed by atoms with Gasteiger partial charge in [0.05, 0.1) is 4.90 Å². The highest BCUT2D eigenvalue weighted by Gasteiger charge is 2.21. The monoisotopic (exact) mass is 200 g/mol. The maximum absolute atomic E-state index is 11.6. The van der Waals surface area contributed by atoms with E-state index in [2.05, 4.69) is 5.73 Å². The van der Waals surface area contributed by atoms with Gasteiger partial charge in [-0.05, 0) is 19.1 Å². The van der Waals surface area contributed by atoms with E-state index in [-0.39, 0.29) is 0 Å². The molecule has 3 nitrogen and oxygen atoms in total. The molecule has 1 atom stereocenters. The van der Waals surface area contributed by atoms with Gasteiger partial charge in [-0.3, -0.25) is 0 Å². The lowest BCUT2D eigenvalue weighted by Crippen LogP contribution is -2.62. The summed E-state index contributed by atoms with van der Waals surface area (Å²) in [6.07, 6.45) is 0. The Morgan fingerprint density at radius 3 is 2.08 bits per heavy atom. The fourth-order valence-corrected chi connectivity index (χ4v) is 1.94. The van der Waals surface area contributed by atoms with Gasteiger partial charge in [-0.1, -0.05) is 17.7 Å². The third kappa shape index (κ3) is 2.08. The number of quaternary nitrogens is 1. The Balaban J connectivity index is 3.17. The van der Waals surface area contributed by atoms with Crippen molar-refractivity contribution in [1.29, 1.82) is 0 Å². The first-order chi connectivity index (χ1) is 5.94. The molecular weight excluding hydrogens is 186 g/mol. The van der Waals surface area contributed by atoms with Crippen molar-refractivity contribution in [2.45, 2.75) is 24.1 Å². The first-order valence-electron chi connectivity index (χ1n) is 4.08. The average molecular weight is 200 g/mol. The van der Waals surface area contributed by atoms with E-state index >= 15 is 0 Å². The first-order valence-corrected chi connectivity index (χ1v) is 5.63. The topological polar surface area (TPSA) is 61.8 Å². The number of hydrogen-bond acceptors (Lipinski definition) is 2. The molecule has 1 unspecified atom stereocenters. The molecule has 0 aromatic heterocycles. The molecule has 1 rings (SSSR count). The van der Waals surface area contributed by atoms with Gasteiger partial charge in [0, 0.05) is 6.92 Å². The standard InChI is InChI=1S/C9H13NO2S/c1-7-3-5-9(6-4-7)13(11,12)8(2)10/h3-6,8H,10H2,1-2H3/p+1. The zero-order valence-corrected chi connectivity index (χ0v) is 8.64. The number of sulfone groups is 1. The van der Waals surface area contributed by atoms with E-state index in [4.69, 9.17) is 0 Å². The summed E-state index contributed by atoms with van der Waals surface area (Å²) in [5, 5.41) is -0.602. The lowest BCUT2D eigenvalue weighted by molar-refractivity contribution is -0.382. The highest BCUT2D eigenvalue weighted by molar-refractivity contribution is 7.91. The van der Waals surface area contributed by atoms with Crippen molar-refractivity contribution >= 4 is 9.84 Å². The highest BCUT2D eigenvalue weighted by atomic mass is 32.2. The van der Waals surface area contributed by atoms with Crippen molar-refractivity contribution in [3.05, 3.63) is 29.8 Å². The van der Waals surface area contributed by atoms with Crippen LogP contribution in [0.15, 0.2) is 29.2 Å². The summed E-state index contributed by atoms with van der Waals surface area (Å²) in [7, 11) is -3.20. The maximum Gasteiger partial charge on any atom is 0.231 e. The largest absolute Gasteiger partial charge is 0.343 e. The van der Waals surface area contributed by atoms with Crippen LogP contribution in [0, 0.1) is 6.92 Å². The predicted molar refractivity (Wildman–Crippen MR) is 50.7 cm³/mol. The summed E-state index contributed by atoms with van der Waals surface area (Å²) in [6, 6.07) is 6.81. The Kier molecular flexibility index (Phi) is 2.73. The van der Waals surface area contributed by atoms with Gasteiger partial charge < -0.3 is 5.73 Å². The molecule has 13 heavy (non-hydrogen) atoms. The lowest BCUT2D eigenvalue weighted by Gasteiger charge is -2.04. The number of hydrogen-bond donors (Lipinski definition) is 1. The summed E-state index contributed by atoms with van der Waals surface area (Å²) in [5.41, 5.74) is 4.57. The Bertz CT molecular complexity index is 379. The lowest BCUT2D eigenvalue weighted by atomic mass is 10.2. The van der Waals surface area contributed by atoms with Crippen LogP contribution in [0.25, 0.3) is 0 Å². The molecule has 1 aromatic rings. The van der Waals surface area contributed by atoms with Crippen LogP contribution in [-0.2, 0) is 9.84 Å². The Labute approximate surface area is 78.5 Å². The molecule has 0 aliphatic heterocycles. The van der Waals surface area contributed by atoms with E-state index in [9.17, 15) is 8.42 Å². The molecular formula is C9H14NO2S+. The summed E-state index contributed by atoms with van der Waals surface area (Å²) < 4.78 is 23.2. The van der Waals surface area contributed by atoms with Crippen molar-refractivity contribution < 1.29 is 14.2 Å². The van der Waals surface area contributed by atoms with Crippen LogP contribution in [0.2, 0.25) is 0 Å². The Morgan fingerprint density at radius 1 is 1.23 bits per heavy atom. The zero-order chi connectivity index (χ0) is 10.1. The third-order valence-electron chi connectivity index (χ3n) is 1.88.